The van der Waals surface area contributed by atoms with E-state index in [4.69, 9.17) is 14.8 Å². The first-order valence-corrected chi connectivity index (χ1v) is 11.2. The topological polar surface area (TPSA) is 130 Å². The number of azide groups is 1. The molecule has 0 aliphatic carbocycles. The van der Waals surface area contributed by atoms with Crippen molar-refractivity contribution in [2.75, 3.05) is 13.2 Å². The molecule has 172 valence electrons. The molecule has 2 rings (SSSR count). The Morgan fingerprint density at radius 1 is 1.16 bits per heavy atom. The van der Waals surface area contributed by atoms with E-state index in [1.165, 1.54) is 56.9 Å². The summed E-state index contributed by atoms with van der Waals surface area (Å²) < 4.78 is 5.16. The van der Waals surface area contributed by atoms with E-state index in [1.807, 2.05) is 0 Å². The van der Waals surface area contributed by atoms with Gasteiger partial charge in [0, 0.05) is 41.2 Å². The molecule has 1 aromatic heterocycles. The van der Waals surface area contributed by atoms with E-state index in [2.05, 4.69) is 27.4 Å². The van der Waals surface area contributed by atoms with Crippen molar-refractivity contribution in [1.82, 2.24) is 5.32 Å². The van der Waals surface area contributed by atoms with Crippen molar-refractivity contribution in [2.24, 2.45) is 10.3 Å². The van der Waals surface area contributed by atoms with E-state index >= 15 is 0 Å². The van der Waals surface area contributed by atoms with Gasteiger partial charge in [-0.1, -0.05) is 74.3 Å². The zero-order valence-corrected chi connectivity index (χ0v) is 18.6. The fourth-order valence-electron chi connectivity index (χ4n) is 3.32. The lowest BCUT2D eigenvalue weighted by Gasteiger charge is -2.05. The molecule has 0 radical (unpaired) electrons. The fourth-order valence-corrected chi connectivity index (χ4v) is 3.32. The van der Waals surface area contributed by atoms with Gasteiger partial charge in [0.2, 0.25) is 0 Å². The van der Waals surface area contributed by atoms with Crippen molar-refractivity contribution < 1.29 is 14.0 Å². The predicted octanol–water partition coefficient (Wildman–Crippen LogP) is 5.54. The van der Waals surface area contributed by atoms with Gasteiger partial charge < -0.3 is 14.6 Å². The third-order valence-electron chi connectivity index (χ3n) is 4.98. The van der Waals surface area contributed by atoms with Crippen molar-refractivity contribution in [3.05, 3.63) is 50.7 Å². The van der Waals surface area contributed by atoms with E-state index in [0.717, 1.165) is 12.8 Å². The van der Waals surface area contributed by atoms with E-state index in [-0.39, 0.29) is 12.5 Å². The average Bonchev–Trinajstić information content (AvgIpc) is 2.77. The lowest BCUT2D eigenvalue weighted by molar-refractivity contribution is -0.125. The van der Waals surface area contributed by atoms with Crippen LogP contribution in [0.3, 0.4) is 0 Å². The maximum atomic E-state index is 11.8. The van der Waals surface area contributed by atoms with Crippen LogP contribution in [0.1, 0.15) is 63.9 Å². The van der Waals surface area contributed by atoms with Crippen molar-refractivity contribution in [3.63, 3.8) is 0 Å². The van der Waals surface area contributed by atoms with Gasteiger partial charge in [0.15, 0.2) is 6.61 Å². The number of rotatable bonds is 15. The lowest BCUT2D eigenvalue weighted by Crippen LogP contribution is -2.27. The van der Waals surface area contributed by atoms with Gasteiger partial charge >= 0.3 is 5.63 Å². The molecule has 0 aliphatic rings. The summed E-state index contributed by atoms with van der Waals surface area (Å²) in [5.74, 6) is -0.207. The van der Waals surface area contributed by atoms with Crippen molar-refractivity contribution >= 4 is 28.8 Å². The molecule has 0 unspecified atom stereocenters. The number of nitrogens with one attached hydrogen (secondary N) is 1. The van der Waals surface area contributed by atoms with Gasteiger partial charge in [-0.3, -0.25) is 4.79 Å². The smallest absolute Gasteiger partial charge is 0.336 e. The van der Waals surface area contributed by atoms with Crippen LogP contribution in [0, 0.1) is 0 Å². The third kappa shape index (κ3) is 9.22. The molecule has 0 fully saturated rings. The second-order valence-corrected chi connectivity index (χ2v) is 7.55. The molecule has 0 saturated carbocycles. The number of fused-ring (bicyclic) bond motifs is 1. The van der Waals surface area contributed by atoms with Crippen LogP contribution < -0.4 is 10.9 Å². The minimum Gasteiger partial charge on any atom is -0.423 e. The standard InChI is InChI=1S/C23H31N5O4/c1-2-3-4-5-6-7-8-9-13-25-22(29)17-31-26-14-12-18-15-23(30)32-21-16-19(27-28-24)10-11-20(18)21/h10-11,14-16H,2-9,12-13,17H2,1H3,(H,25,29)/b26-14+. The largest absolute Gasteiger partial charge is 0.423 e. The first-order valence-electron chi connectivity index (χ1n) is 11.2. The van der Waals surface area contributed by atoms with Crippen LogP contribution in [0.4, 0.5) is 5.69 Å². The van der Waals surface area contributed by atoms with E-state index in [1.54, 1.807) is 12.1 Å². The molecule has 9 heteroatoms. The number of nitrogens with zero attached hydrogens (tertiary/aromatic N) is 4. The van der Waals surface area contributed by atoms with Crippen molar-refractivity contribution in [3.8, 4) is 0 Å². The first-order chi connectivity index (χ1) is 15.6. The van der Waals surface area contributed by atoms with Crippen LogP contribution in [0.5, 0.6) is 0 Å². The zero-order valence-electron chi connectivity index (χ0n) is 18.6. The molecular formula is C23H31N5O4. The maximum Gasteiger partial charge on any atom is 0.336 e. The summed E-state index contributed by atoms with van der Waals surface area (Å²) in [5, 5.41) is 10.8. The number of carbonyl (C=O) groups excluding carboxylic acids is 1. The highest BCUT2D eigenvalue weighted by Gasteiger charge is 2.06. The van der Waals surface area contributed by atoms with Crippen molar-refractivity contribution in [1.29, 1.82) is 0 Å². The Bertz CT molecular complexity index is 996. The second kappa shape index (κ2) is 14.6. The minimum absolute atomic E-state index is 0.152. The summed E-state index contributed by atoms with van der Waals surface area (Å²) in [6.07, 6.45) is 11.6. The predicted molar refractivity (Wildman–Crippen MR) is 125 cm³/mol. The Morgan fingerprint density at radius 3 is 2.66 bits per heavy atom. The number of amides is 1. The molecule has 1 N–H and O–H groups in total. The molecule has 2 aromatic rings. The summed E-state index contributed by atoms with van der Waals surface area (Å²) in [6, 6.07) is 6.23. The highest BCUT2D eigenvalue weighted by Crippen LogP contribution is 2.23. The maximum absolute atomic E-state index is 11.8. The number of carbonyl (C=O) groups is 1. The third-order valence-corrected chi connectivity index (χ3v) is 4.98. The molecular weight excluding hydrogens is 410 g/mol. The normalized spacial score (nSPS) is 10.9. The number of hydrogen-bond acceptors (Lipinski definition) is 6. The molecule has 0 spiro atoms. The average molecular weight is 442 g/mol. The Labute approximate surface area is 187 Å². The Morgan fingerprint density at radius 2 is 1.91 bits per heavy atom. The Kier molecular flexibility index (Phi) is 11.4. The minimum atomic E-state index is -0.514. The van der Waals surface area contributed by atoms with Gasteiger partial charge in [-0.05, 0) is 23.6 Å². The van der Waals surface area contributed by atoms with Gasteiger partial charge in [0.25, 0.3) is 5.91 Å². The van der Waals surface area contributed by atoms with Crippen molar-refractivity contribution in [2.45, 2.75) is 64.7 Å². The molecule has 1 heterocycles. The molecule has 0 aliphatic heterocycles. The quantitative estimate of drug-likeness (QED) is 0.0740. The van der Waals surface area contributed by atoms with E-state index in [0.29, 0.717) is 35.2 Å². The van der Waals surface area contributed by atoms with Crippen LogP contribution in [-0.2, 0) is 16.1 Å². The molecule has 9 nitrogen and oxygen atoms in total. The molecule has 32 heavy (non-hydrogen) atoms. The van der Waals surface area contributed by atoms with Gasteiger partial charge in [-0.2, -0.15) is 0 Å². The molecule has 0 saturated heterocycles. The van der Waals surface area contributed by atoms with Crippen LogP contribution in [0.25, 0.3) is 21.4 Å². The highest BCUT2D eigenvalue weighted by molar-refractivity contribution is 5.85. The summed E-state index contributed by atoms with van der Waals surface area (Å²) >= 11 is 0. The molecule has 0 bridgehead atoms. The molecule has 0 atom stereocenters. The summed E-state index contributed by atoms with van der Waals surface area (Å²) in [6.45, 7) is 2.71. The zero-order chi connectivity index (χ0) is 23.0. The molecule has 1 amide bonds. The first kappa shape index (κ1) is 24.9. The van der Waals surface area contributed by atoms with Crippen LogP contribution >= 0.6 is 0 Å². The van der Waals surface area contributed by atoms with Crippen LogP contribution in [0.2, 0.25) is 0 Å². The van der Waals surface area contributed by atoms with Crippen LogP contribution in [-0.4, -0.2) is 25.3 Å². The van der Waals surface area contributed by atoms with E-state index in [9.17, 15) is 9.59 Å². The number of hydrogen-bond donors (Lipinski definition) is 1. The SMILES string of the molecule is CCCCCCCCCCNC(=O)CO/N=C/Cc1cc(=O)oc2cc(N=[N+]=[N-])ccc12. The monoisotopic (exact) mass is 441 g/mol. The van der Waals surface area contributed by atoms with Crippen LogP contribution in [0.15, 0.2) is 43.7 Å². The fraction of sp³-hybridized carbons (Fsp3) is 0.522. The summed E-state index contributed by atoms with van der Waals surface area (Å²) in [7, 11) is 0. The van der Waals surface area contributed by atoms with Gasteiger partial charge in [-0.15, -0.1) is 0 Å². The Balaban J connectivity index is 1.68. The number of benzene rings is 1. The van der Waals surface area contributed by atoms with E-state index < -0.39 is 5.63 Å². The number of unbranched alkanes of at least 4 members (excludes halogenated alkanes) is 7. The van der Waals surface area contributed by atoms with Gasteiger partial charge in [0.05, 0.1) is 0 Å². The highest BCUT2D eigenvalue weighted by atomic mass is 16.6. The lowest BCUT2D eigenvalue weighted by atomic mass is 10.1. The summed E-state index contributed by atoms with van der Waals surface area (Å²) in [4.78, 5) is 31.3. The van der Waals surface area contributed by atoms with Gasteiger partial charge in [0.1, 0.15) is 5.58 Å². The number of oxime groups is 1. The summed E-state index contributed by atoms with van der Waals surface area (Å²) in [5.41, 5.74) is 9.39. The Hall–Kier alpha value is -3.32. The second-order valence-electron chi connectivity index (χ2n) is 7.55. The molecule has 1 aromatic carbocycles. The van der Waals surface area contributed by atoms with Gasteiger partial charge in [-0.25, -0.2) is 4.79 Å².